The van der Waals surface area contributed by atoms with Gasteiger partial charge in [0.2, 0.25) is 0 Å². The maximum atomic E-state index is 11.7. The van der Waals surface area contributed by atoms with Crippen molar-refractivity contribution in [2.24, 2.45) is 0 Å². The van der Waals surface area contributed by atoms with E-state index >= 15 is 0 Å². The lowest BCUT2D eigenvalue weighted by Crippen LogP contribution is -2.37. The summed E-state index contributed by atoms with van der Waals surface area (Å²) in [7, 11) is 0. The van der Waals surface area contributed by atoms with E-state index in [2.05, 4.69) is 4.74 Å². The predicted molar refractivity (Wildman–Crippen MR) is 48.9 cm³/mol. The molecule has 4 nitrogen and oxygen atoms in total. The lowest BCUT2D eigenvalue weighted by atomic mass is 10.3. The lowest BCUT2D eigenvalue weighted by molar-refractivity contribution is -0.186. The molecule has 16 heavy (non-hydrogen) atoms. The fourth-order valence-electron chi connectivity index (χ4n) is 1.31. The number of hydrogen-bond acceptors (Lipinski definition) is 4. The maximum absolute atomic E-state index is 11.7. The first-order valence-corrected chi connectivity index (χ1v) is 5.00. The molecule has 0 N–H and O–H groups in total. The molecular weight excluding hydrogens is 227 g/mol. The third kappa shape index (κ3) is 5.92. The van der Waals surface area contributed by atoms with Crippen molar-refractivity contribution >= 4 is 5.97 Å². The molecule has 7 heteroatoms. The third-order valence-corrected chi connectivity index (χ3v) is 2.13. The standard InChI is InChI=1S/C9H14F3NO3/c10-9(11,12)7-16-8(14)1-2-13-3-5-15-6-4-13/h1-7H2. The van der Waals surface area contributed by atoms with E-state index in [-0.39, 0.29) is 6.42 Å². The fraction of sp³-hybridized carbons (Fsp3) is 0.889. The molecule has 1 aliphatic heterocycles. The summed E-state index contributed by atoms with van der Waals surface area (Å²) < 4.78 is 44.3. The molecule has 0 bridgehead atoms. The van der Waals surface area contributed by atoms with Gasteiger partial charge >= 0.3 is 12.1 Å². The first kappa shape index (κ1) is 13.2. The van der Waals surface area contributed by atoms with Crippen LogP contribution in [0.25, 0.3) is 0 Å². The van der Waals surface area contributed by atoms with Gasteiger partial charge in [0.25, 0.3) is 0 Å². The molecule has 94 valence electrons. The Hall–Kier alpha value is -0.820. The van der Waals surface area contributed by atoms with Crippen LogP contribution < -0.4 is 0 Å². The van der Waals surface area contributed by atoms with E-state index in [0.29, 0.717) is 32.8 Å². The van der Waals surface area contributed by atoms with Crippen molar-refractivity contribution in [2.45, 2.75) is 12.6 Å². The number of halogens is 3. The Morgan fingerprint density at radius 1 is 1.31 bits per heavy atom. The highest BCUT2D eigenvalue weighted by Gasteiger charge is 2.29. The number of ether oxygens (including phenoxy) is 2. The fourth-order valence-corrected chi connectivity index (χ4v) is 1.31. The maximum Gasteiger partial charge on any atom is 0.422 e. The van der Waals surface area contributed by atoms with Crippen molar-refractivity contribution in [3.63, 3.8) is 0 Å². The molecule has 0 spiro atoms. The number of carbonyl (C=O) groups excluding carboxylic acids is 1. The van der Waals surface area contributed by atoms with Crippen LogP contribution in [0.2, 0.25) is 0 Å². The highest BCUT2D eigenvalue weighted by molar-refractivity contribution is 5.69. The molecular formula is C9H14F3NO3. The average molecular weight is 241 g/mol. The minimum Gasteiger partial charge on any atom is -0.456 e. The van der Waals surface area contributed by atoms with Crippen molar-refractivity contribution < 1.29 is 27.4 Å². The molecule has 1 fully saturated rings. The van der Waals surface area contributed by atoms with Crippen LogP contribution in [-0.4, -0.2) is 56.5 Å². The lowest BCUT2D eigenvalue weighted by Gasteiger charge is -2.25. The van der Waals surface area contributed by atoms with E-state index in [4.69, 9.17) is 4.74 Å². The molecule has 1 rings (SSSR count). The number of nitrogens with zero attached hydrogens (tertiary/aromatic N) is 1. The Kier molecular flexibility index (Phi) is 5.01. The SMILES string of the molecule is O=C(CCN1CCOCC1)OCC(F)(F)F. The van der Waals surface area contributed by atoms with E-state index < -0.39 is 18.8 Å². The monoisotopic (exact) mass is 241 g/mol. The summed E-state index contributed by atoms with van der Waals surface area (Å²) in [5.41, 5.74) is 0. The summed E-state index contributed by atoms with van der Waals surface area (Å²) in [6, 6.07) is 0. The number of carbonyl (C=O) groups is 1. The minimum atomic E-state index is -4.45. The third-order valence-electron chi connectivity index (χ3n) is 2.13. The second kappa shape index (κ2) is 6.05. The highest BCUT2D eigenvalue weighted by Crippen LogP contribution is 2.14. The van der Waals surface area contributed by atoms with Crippen molar-refractivity contribution in [1.82, 2.24) is 4.90 Å². The summed E-state index contributed by atoms with van der Waals surface area (Å²) >= 11 is 0. The number of hydrogen-bond donors (Lipinski definition) is 0. The van der Waals surface area contributed by atoms with E-state index in [1.165, 1.54) is 0 Å². The van der Waals surface area contributed by atoms with Crippen molar-refractivity contribution in [1.29, 1.82) is 0 Å². The van der Waals surface area contributed by atoms with Gasteiger partial charge in [-0.2, -0.15) is 13.2 Å². The van der Waals surface area contributed by atoms with E-state index in [0.717, 1.165) is 0 Å². The number of morpholine rings is 1. The van der Waals surface area contributed by atoms with Gasteiger partial charge in [-0.1, -0.05) is 0 Å². The summed E-state index contributed by atoms with van der Waals surface area (Å²) in [6.07, 6.45) is -4.47. The molecule has 0 unspecified atom stereocenters. The largest absolute Gasteiger partial charge is 0.456 e. The zero-order valence-electron chi connectivity index (χ0n) is 8.76. The number of rotatable bonds is 4. The molecule has 0 aromatic rings. The predicted octanol–water partition coefficient (Wildman–Crippen LogP) is 0.814. The summed E-state index contributed by atoms with van der Waals surface area (Å²) in [6.45, 7) is 1.50. The Morgan fingerprint density at radius 3 is 2.50 bits per heavy atom. The van der Waals surface area contributed by atoms with Crippen molar-refractivity contribution in [3.05, 3.63) is 0 Å². The Bertz CT molecular complexity index is 227. The van der Waals surface area contributed by atoms with Crippen molar-refractivity contribution in [3.8, 4) is 0 Å². The van der Waals surface area contributed by atoms with Gasteiger partial charge in [0.1, 0.15) is 0 Å². The summed E-state index contributed by atoms with van der Waals surface area (Å²) in [4.78, 5) is 12.9. The van der Waals surface area contributed by atoms with Gasteiger partial charge in [0, 0.05) is 19.6 Å². The molecule has 0 aromatic heterocycles. The van der Waals surface area contributed by atoms with Gasteiger partial charge in [-0.3, -0.25) is 9.69 Å². The molecule has 1 aliphatic rings. The molecule has 0 amide bonds. The van der Waals surface area contributed by atoms with Crippen LogP contribution in [0.3, 0.4) is 0 Å². The van der Waals surface area contributed by atoms with Crippen LogP contribution in [-0.2, 0) is 14.3 Å². The van der Waals surface area contributed by atoms with Gasteiger partial charge in [0.15, 0.2) is 6.61 Å². The minimum absolute atomic E-state index is 0.0178. The van der Waals surface area contributed by atoms with E-state index in [1.807, 2.05) is 4.90 Å². The van der Waals surface area contributed by atoms with Crippen LogP contribution in [0.15, 0.2) is 0 Å². The van der Waals surface area contributed by atoms with Gasteiger partial charge in [-0.25, -0.2) is 0 Å². The van der Waals surface area contributed by atoms with Crippen LogP contribution in [0.5, 0.6) is 0 Å². The molecule has 1 saturated heterocycles. The average Bonchev–Trinajstić information content (AvgIpc) is 2.24. The molecule has 0 aliphatic carbocycles. The van der Waals surface area contributed by atoms with Crippen LogP contribution in [0, 0.1) is 0 Å². The number of esters is 1. The van der Waals surface area contributed by atoms with E-state index in [1.54, 1.807) is 0 Å². The van der Waals surface area contributed by atoms with E-state index in [9.17, 15) is 18.0 Å². The van der Waals surface area contributed by atoms with Gasteiger partial charge in [-0.15, -0.1) is 0 Å². The van der Waals surface area contributed by atoms with Crippen LogP contribution >= 0.6 is 0 Å². The van der Waals surface area contributed by atoms with Crippen molar-refractivity contribution in [2.75, 3.05) is 39.5 Å². The topological polar surface area (TPSA) is 38.8 Å². The Morgan fingerprint density at radius 2 is 1.94 bits per heavy atom. The summed E-state index contributed by atoms with van der Waals surface area (Å²) in [5, 5.41) is 0. The zero-order chi connectivity index (χ0) is 12.0. The Balaban J connectivity index is 2.09. The first-order chi connectivity index (χ1) is 7.47. The molecule has 0 aromatic carbocycles. The quantitative estimate of drug-likeness (QED) is 0.683. The molecule has 0 radical (unpaired) electrons. The van der Waals surface area contributed by atoms with Crippen LogP contribution in [0.1, 0.15) is 6.42 Å². The Labute approximate surface area is 91.3 Å². The second-order valence-corrected chi connectivity index (χ2v) is 3.48. The number of alkyl halides is 3. The van der Waals surface area contributed by atoms with Gasteiger partial charge < -0.3 is 9.47 Å². The molecule has 0 saturated carbocycles. The zero-order valence-corrected chi connectivity index (χ0v) is 8.76. The van der Waals surface area contributed by atoms with Gasteiger partial charge in [-0.05, 0) is 0 Å². The highest BCUT2D eigenvalue weighted by atomic mass is 19.4. The van der Waals surface area contributed by atoms with Gasteiger partial charge in [0.05, 0.1) is 19.6 Å². The molecule has 0 atom stereocenters. The first-order valence-electron chi connectivity index (χ1n) is 5.00. The van der Waals surface area contributed by atoms with Crippen LogP contribution in [0.4, 0.5) is 13.2 Å². The second-order valence-electron chi connectivity index (χ2n) is 3.48. The normalized spacial score (nSPS) is 18.4. The summed E-state index contributed by atoms with van der Waals surface area (Å²) in [5.74, 6) is -0.816. The smallest absolute Gasteiger partial charge is 0.422 e. The molecule has 1 heterocycles.